The van der Waals surface area contributed by atoms with Gasteiger partial charge in [-0.2, -0.15) is 0 Å². The SMILES string of the molecule is CC(C)CC(F)Cl. The average Bonchev–Trinajstić information content (AvgIpc) is 1.27. The summed E-state index contributed by atoms with van der Waals surface area (Å²) < 4.78 is 11.7. The van der Waals surface area contributed by atoms with Gasteiger partial charge in [-0.25, -0.2) is 4.39 Å². The molecule has 7 heavy (non-hydrogen) atoms. The molecule has 0 aromatic heterocycles. The van der Waals surface area contributed by atoms with E-state index in [1.807, 2.05) is 13.8 Å². The zero-order chi connectivity index (χ0) is 5.86. The topological polar surface area (TPSA) is 0 Å². The Hall–Kier alpha value is 0.220. The van der Waals surface area contributed by atoms with Crippen molar-refractivity contribution in [3.8, 4) is 0 Å². The van der Waals surface area contributed by atoms with Crippen molar-refractivity contribution in [2.75, 3.05) is 0 Å². The van der Waals surface area contributed by atoms with Gasteiger partial charge < -0.3 is 0 Å². The molecule has 0 aromatic carbocycles. The fourth-order valence-corrected chi connectivity index (χ4v) is 0.713. The van der Waals surface area contributed by atoms with Gasteiger partial charge in [0.25, 0.3) is 0 Å². The van der Waals surface area contributed by atoms with Gasteiger partial charge in [0.05, 0.1) is 0 Å². The van der Waals surface area contributed by atoms with Crippen LogP contribution in [0.4, 0.5) is 4.39 Å². The molecule has 44 valence electrons. The van der Waals surface area contributed by atoms with Crippen molar-refractivity contribution in [3.05, 3.63) is 0 Å². The Morgan fingerprint density at radius 3 is 2.00 bits per heavy atom. The Balaban J connectivity index is 2.95. The fraction of sp³-hybridized carbons (Fsp3) is 1.00. The molecule has 0 N–H and O–H groups in total. The van der Waals surface area contributed by atoms with E-state index in [1.165, 1.54) is 0 Å². The van der Waals surface area contributed by atoms with Gasteiger partial charge >= 0.3 is 0 Å². The van der Waals surface area contributed by atoms with Crippen molar-refractivity contribution in [1.82, 2.24) is 0 Å². The minimum Gasteiger partial charge on any atom is -0.230 e. The molecule has 0 aliphatic heterocycles. The second-order valence-electron chi connectivity index (χ2n) is 2.02. The van der Waals surface area contributed by atoms with Crippen molar-refractivity contribution < 1.29 is 4.39 Å². The van der Waals surface area contributed by atoms with Crippen molar-refractivity contribution >= 4 is 11.6 Å². The number of alkyl halides is 2. The minimum absolute atomic E-state index is 0.368. The van der Waals surface area contributed by atoms with Crippen LogP contribution in [-0.4, -0.2) is 5.63 Å². The first kappa shape index (κ1) is 7.22. The smallest absolute Gasteiger partial charge is 0.173 e. The van der Waals surface area contributed by atoms with Crippen LogP contribution in [0.1, 0.15) is 20.3 Å². The van der Waals surface area contributed by atoms with E-state index in [9.17, 15) is 4.39 Å². The largest absolute Gasteiger partial charge is 0.230 e. The number of hydrogen-bond donors (Lipinski definition) is 0. The molecule has 0 rings (SSSR count). The van der Waals surface area contributed by atoms with E-state index in [1.54, 1.807) is 0 Å². The molecular formula is C5H10ClF. The number of rotatable bonds is 2. The summed E-state index contributed by atoms with van der Waals surface area (Å²) in [4.78, 5) is 0. The van der Waals surface area contributed by atoms with Crippen LogP contribution in [0.15, 0.2) is 0 Å². The zero-order valence-corrected chi connectivity index (χ0v) is 5.37. The van der Waals surface area contributed by atoms with Crippen molar-refractivity contribution in [2.45, 2.75) is 25.9 Å². The van der Waals surface area contributed by atoms with Crippen LogP contribution in [0.25, 0.3) is 0 Å². The molecule has 0 amide bonds. The first-order valence-electron chi connectivity index (χ1n) is 2.41. The summed E-state index contributed by atoms with van der Waals surface area (Å²) in [5.74, 6) is 0.368. The summed E-state index contributed by atoms with van der Waals surface area (Å²) >= 11 is 5.01. The first-order valence-corrected chi connectivity index (χ1v) is 2.84. The highest BCUT2D eigenvalue weighted by Gasteiger charge is 2.01. The Morgan fingerprint density at radius 2 is 2.00 bits per heavy atom. The summed E-state index contributed by atoms with van der Waals surface area (Å²) in [6, 6.07) is 0. The minimum atomic E-state index is -1.15. The summed E-state index contributed by atoms with van der Waals surface area (Å²) in [6.07, 6.45) is 0.460. The quantitative estimate of drug-likeness (QED) is 0.497. The van der Waals surface area contributed by atoms with Crippen molar-refractivity contribution in [2.24, 2.45) is 5.92 Å². The van der Waals surface area contributed by atoms with Gasteiger partial charge in [-0.05, 0) is 12.3 Å². The molecule has 2 heteroatoms. The maximum Gasteiger partial charge on any atom is 0.173 e. The van der Waals surface area contributed by atoms with E-state index >= 15 is 0 Å². The van der Waals surface area contributed by atoms with Crippen LogP contribution in [0.2, 0.25) is 0 Å². The van der Waals surface area contributed by atoms with E-state index in [2.05, 4.69) is 0 Å². The third kappa shape index (κ3) is 6.22. The van der Waals surface area contributed by atoms with Crippen LogP contribution in [0, 0.1) is 5.92 Å². The maximum atomic E-state index is 11.7. The monoisotopic (exact) mass is 124 g/mol. The lowest BCUT2D eigenvalue weighted by molar-refractivity contribution is 0.376. The van der Waals surface area contributed by atoms with Gasteiger partial charge in [-0.3, -0.25) is 0 Å². The maximum absolute atomic E-state index is 11.7. The number of halogens is 2. The normalized spacial score (nSPS) is 15.0. The van der Waals surface area contributed by atoms with Crippen LogP contribution >= 0.6 is 11.6 Å². The molecular weight excluding hydrogens is 115 g/mol. The van der Waals surface area contributed by atoms with Crippen LogP contribution < -0.4 is 0 Å². The van der Waals surface area contributed by atoms with E-state index in [-0.39, 0.29) is 0 Å². The predicted octanol–water partition coefficient (Wildman–Crippen LogP) is 2.57. The van der Waals surface area contributed by atoms with Gasteiger partial charge in [-0.1, -0.05) is 25.4 Å². The molecule has 0 radical (unpaired) electrons. The highest BCUT2D eigenvalue weighted by Crippen LogP contribution is 2.10. The molecule has 0 heterocycles. The molecule has 0 aromatic rings. The highest BCUT2D eigenvalue weighted by molar-refractivity contribution is 6.19. The van der Waals surface area contributed by atoms with Crippen molar-refractivity contribution in [3.63, 3.8) is 0 Å². The fourth-order valence-electron chi connectivity index (χ4n) is 0.356. The molecule has 1 atom stereocenters. The molecule has 1 unspecified atom stereocenters. The molecule has 0 nitrogen and oxygen atoms in total. The molecule has 0 bridgehead atoms. The van der Waals surface area contributed by atoms with Crippen LogP contribution in [0.3, 0.4) is 0 Å². The van der Waals surface area contributed by atoms with Crippen LogP contribution in [-0.2, 0) is 0 Å². The lowest BCUT2D eigenvalue weighted by Crippen LogP contribution is -1.94. The third-order valence-corrected chi connectivity index (χ3v) is 0.828. The Bertz CT molecular complexity index is 37.3. The highest BCUT2D eigenvalue weighted by atomic mass is 35.5. The van der Waals surface area contributed by atoms with Gasteiger partial charge in [-0.15, -0.1) is 0 Å². The van der Waals surface area contributed by atoms with E-state index in [4.69, 9.17) is 11.6 Å². The second kappa shape index (κ2) is 3.25. The summed E-state index contributed by atoms with van der Waals surface area (Å²) in [5.41, 5.74) is -1.15. The Kier molecular flexibility index (Phi) is 3.35. The summed E-state index contributed by atoms with van der Waals surface area (Å²) in [5, 5.41) is 0. The van der Waals surface area contributed by atoms with Gasteiger partial charge in [0.1, 0.15) is 0 Å². The molecule has 0 aliphatic carbocycles. The summed E-state index contributed by atoms with van der Waals surface area (Å²) in [7, 11) is 0. The summed E-state index contributed by atoms with van der Waals surface area (Å²) in [6.45, 7) is 3.88. The lowest BCUT2D eigenvalue weighted by atomic mass is 10.2. The average molecular weight is 125 g/mol. The Labute approximate surface area is 48.7 Å². The molecule has 0 aliphatic rings. The van der Waals surface area contributed by atoms with Crippen molar-refractivity contribution in [1.29, 1.82) is 0 Å². The lowest BCUT2D eigenvalue weighted by Gasteiger charge is -2.00. The van der Waals surface area contributed by atoms with E-state index in [0.29, 0.717) is 12.3 Å². The first-order chi connectivity index (χ1) is 3.13. The van der Waals surface area contributed by atoms with E-state index < -0.39 is 5.63 Å². The predicted molar refractivity (Wildman–Crippen MR) is 30.2 cm³/mol. The van der Waals surface area contributed by atoms with Gasteiger partial charge in [0.2, 0.25) is 0 Å². The van der Waals surface area contributed by atoms with Gasteiger partial charge in [0.15, 0.2) is 5.63 Å². The zero-order valence-electron chi connectivity index (χ0n) is 4.62. The molecule has 0 fully saturated rings. The van der Waals surface area contributed by atoms with Gasteiger partial charge in [0, 0.05) is 0 Å². The second-order valence-corrected chi connectivity index (χ2v) is 2.49. The molecule has 0 saturated carbocycles. The number of hydrogen-bond acceptors (Lipinski definition) is 0. The van der Waals surface area contributed by atoms with E-state index in [0.717, 1.165) is 0 Å². The molecule has 0 saturated heterocycles. The molecule has 0 spiro atoms. The van der Waals surface area contributed by atoms with Crippen LogP contribution in [0.5, 0.6) is 0 Å². The Morgan fingerprint density at radius 1 is 1.57 bits per heavy atom. The standard InChI is InChI=1S/C5H10ClF/c1-4(2)3-5(6)7/h4-5H,3H2,1-2H3. The third-order valence-electron chi connectivity index (χ3n) is 0.650.